The van der Waals surface area contributed by atoms with Gasteiger partial charge in [-0.15, -0.1) is 0 Å². The fourth-order valence-corrected chi connectivity index (χ4v) is 2.96. The standard InChI is InChI=1S/C24H24N2O2/c1-17(20-12-14-22(15-13-20)21-6-4-3-5-7-21)26-24(28)23-10-8-19(9-11-23)16-25-18(2)27/h3-15,17H,16H2,1-2H3,(H,25,27)(H,26,28). The Balaban J connectivity index is 1.61. The molecule has 2 N–H and O–H groups in total. The van der Waals surface area contributed by atoms with E-state index in [9.17, 15) is 9.59 Å². The number of hydrogen-bond donors (Lipinski definition) is 2. The fraction of sp³-hybridized carbons (Fsp3) is 0.167. The quantitative estimate of drug-likeness (QED) is 0.670. The van der Waals surface area contributed by atoms with Gasteiger partial charge in [0.15, 0.2) is 0 Å². The predicted molar refractivity (Wildman–Crippen MR) is 112 cm³/mol. The molecule has 0 spiro atoms. The minimum Gasteiger partial charge on any atom is -0.352 e. The maximum atomic E-state index is 12.5. The van der Waals surface area contributed by atoms with Crippen LogP contribution in [0.4, 0.5) is 0 Å². The molecule has 0 aliphatic carbocycles. The first kappa shape index (κ1) is 19.4. The number of benzene rings is 3. The highest BCUT2D eigenvalue weighted by Gasteiger charge is 2.12. The molecule has 0 saturated heterocycles. The smallest absolute Gasteiger partial charge is 0.251 e. The van der Waals surface area contributed by atoms with Gasteiger partial charge in [-0.2, -0.15) is 0 Å². The number of carbonyl (C=O) groups is 2. The molecule has 3 aromatic rings. The third kappa shape index (κ3) is 5.07. The zero-order valence-electron chi connectivity index (χ0n) is 16.1. The minimum absolute atomic E-state index is 0.0751. The van der Waals surface area contributed by atoms with Crippen molar-refractivity contribution in [2.45, 2.75) is 26.4 Å². The SMILES string of the molecule is CC(=O)NCc1ccc(C(=O)NC(C)c2ccc(-c3ccccc3)cc2)cc1. The van der Waals surface area contributed by atoms with Gasteiger partial charge >= 0.3 is 0 Å². The van der Waals surface area contributed by atoms with Gasteiger partial charge in [-0.05, 0) is 41.3 Å². The third-order valence-electron chi connectivity index (χ3n) is 4.62. The van der Waals surface area contributed by atoms with E-state index >= 15 is 0 Å². The van der Waals surface area contributed by atoms with Crippen LogP contribution in [0.1, 0.15) is 41.4 Å². The summed E-state index contributed by atoms with van der Waals surface area (Å²) in [5.41, 5.74) is 4.92. The lowest BCUT2D eigenvalue weighted by Gasteiger charge is -2.15. The molecule has 0 aliphatic heterocycles. The average Bonchev–Trinajstić information content (AvgIpc) is 2.73. The number of rotatable bonds is 6. The Hall–Kier alpha value is -3.40. The number of carbonyl (C=O) groups excluding carboxylic acids is 2. The highest BCUT2D eigenvalue weighted by atomic mass is 16.2. The van der Waals surface area contributed by atoms with Crippen molar-refractivity contribution in [3.8, 4) is 11.1 Å². The summed E-state index contributed by atoms with van der Waals surface area (Å²) < 4.78 is 0. The lowest BCUT2D eigenvalue weighted by Crippen LogP contribution is -2.26. The largest absolute Gasteiger partial charge is 0.352 e. The van der Waals surface area contributed by atoms with E-state index in [0.717, 1.165) is 16.7 Å². The molecule has 4 nitrogen and oxygen atoms in total. The Morgan fingerprint density at radius 1 is 0.821 bits per heavy atom. The van der Waals surface area contributed by atoms with Crippen molar-refractivity contribution in [3.05, 3.63) is 95.6 Å². The second-order valence-electron chi connectivity index (χ2n) is 6.79. The van der Waals surface area contributed by atoms with Crippen molar-refractivity contribution in [3.63, 3.8) is 0 Å². The van der Waals surface area contributed by atoms with Crippen molar-refractivity contribution in [2.75, 3.05) is 0 Å². The molecule has 28 heavy (non-hydrogen) atoms. The molecule has 3 aromatic carbocycles. The van der Waals surface area contributed by atoms with Gasteiger partial charge in [0.2, 0.25) is 5.91 Å². The fourth-order valence-electron chi connectivity index (χ4n) is 2.96. The van der Waals surface area contributed by atoms with Gasteiger partial charge in [-0.1, -0.05) is 66.7 Å². The Morgan fingerprint density at radius 2 is 1.43 bits per heavy atom. The van der Waals surface area contributed by atoms with Crippen molar-refractivity contribution < 1.29 is 9.59 Å². The van der Waals surface area contributed by atoms with Crippen molar-refractivity contribution in [1.29, 1.82) is 0 Å². The van der Waals surface area contributed by atoms with Gasteiger partial charge < -0.3 is 10.6 Å². The van der Waals surface area contributed by atoms with E-state index in [2.05, 4.69) is 34.9 Å². The Bertz CT molecular complexity index is 933. The summed E-state index contributed by atoms with van der Waals surface area (Å²) in [6.45, 7) is 3.91. The van der Waals surface area contributed by atoms with Gasteiger partial charge in [0.05, 0.1) is 6.04 Å². The molecule has 2 amide bonds. The summed E-state index contributed by atoms with van der Waals surface area (Å²) in [6, 6.07) is 25.6. The van der Waals surface area contributed by atoms with Crippen LogP contribution in [0.15, 0.2) is 78.9 Å². The molecule has 0 fully saturated rings. The van der Waals surface area contributed by atoms with Crippen molar-refractivity contribution in [1.82, 2.24) is 10.6 Å². The molecule has 0 heterocycles. The summed E-state index contributed by atoms with van der Waals surface area (Å²) in [5.74, 6) is -0.195. The summed E-state index contributed by atoms with van der Waals surface area (Å²) in [6.07, 6.45) is 0. The maximum Gasteiger partial charge on any atom is 0.251 e. The van der Waals surface area contributed by atoms with Crippen LogP contribution in [0, 0.1) is 0 Å². The van der Waals surface area contributed by atoms with Crippen LogP contribution >= 0.6 is 0 Å². The van der Waals surface area contributed by atoms with Crippen LogP contribution in [0.3, 0.4) is 0 Å². The van der Waals surface area contributed by atoms with Crippen molar-refractivity contribution >= 4 is 11.8 Å². The van der Waals surface area contributed by atoms with E-state index in [1.54, 1.807) is 12.1 Å². The average molecular weight is 372 g/mol. The zero-order valence-corrected chi connectivity index (χ0v) is 16.1. The normalized spacial score (nSPS) is 11.5. The molecule has 142 valence electrons. The Morgan fingerprint density at radius 3 is 2.04 bits per heavy atom. The monoisotopic (exact) mass is 372 g/mol. The van der Waals surface area contributed by atoms with E-state index in [0.29, 0.717) is 12.1 Å². The molecular formula is C24H24N2O2. The van der Waals surface area contributed by atoms with Crippen LogP contribution < -0.4 is 10.6 Å². The number of hydrogen-bond acceptors (Lipinski definition) is 2. The van der Waals surface area contributed by atoms with Crippen LogP contribution in [0.5, 0.6) is 0 Å². The first-order valence-electron chi connectivity index (χ1n) is 9.32. The highest BCUT2D eigenvalue weighted by molar-refractivity contribution is 5.94. The maximum absolute atomic E-state index is 12.5. The van der Waals surface area contributed by atoms with E-state index in [1.165, 1.54) is 12.5 Å². The number of nitrogens with one attached hydrogen (secondary N) is 2. The molecule has 0 radical (unpaired) electrons. The molecule has 0 saturated carbocycles. The van der Waals surface area contributed by atoms with E-state index in [4.69, 9.17) is 0 Å². The highest BCUT2D eigenvalue weighted by Crippen LogP contribution is 2.22. The summed E-state index contributed by atoms with van der Waals surface area (Å²) in [7, 11) is 0. The summed E-state index contributed by atoms with van der Waals surface area (Å²) in [4.78, 5) is 23.5. The second kappa shape index (κ2) is 9.00. The third-order valence-corrected chi connectivity index (χ3v) is 4.62. The molecule has 3 rings (SSSR count). The summed E-state index contributed by atoms with van der Waals surface area (Å²) in [5, 5.41) is 5.77. The summed E-state index contributed by atoms with van der Waals surface area (Å²) >= 11 is 0. The lowest BCUT2D eigenvalue weighted by molar-refractivity contribution is -0.119. The Kier molecular flexibility index (Phi) is 6.22. The van der Waals surface area contributed by atoms with E-state index in [1.807, 2.05) is 49.4 Å². The molecule has 1 atom stereocenters. The van der Waals surface area contributed by atoms with Gasteiger partial charge in [-0.25, -0.2) is 0 Å². The first-order valence-corrected chi connectivity index (χ1v) is 9.32. The Labute approximate surface area is 165 Å². The van der Waals surface area contributed by atoms with Crippen LogP contribution in [0.2, 0.25) is 0 Å². The number of amides is 2. The van der Waals surface area contributed by atoms with Crippen LogP contribution in [0.25, 0.3) is 11.1 Å². The van der Waals surface area contributed by atoms with Gasteiger partial charge in [0, 0.05) is 19.0 Å². The molecule has 0 bridgehead atoms. The molecular weight excluding hydrogens is 348 g/mol. The van der Waals surface area contributed by atoms with Crippen LogP contribution in [-0.2, 0) is 11.3 Å². The first-order chi connectivity index (χ1) is 13.5. The van der Waals surface area contributed by atoms with Crippen molar-refractivity contribution in [2.24, 2.45) is 0 Å². The molecule has 1 unspecified atom stereocenters. The zero-order chi connectivity index (χ0) is 19.9. The minimum atomic E-state index is -0.120. The van der Waals surface area contributed by atoms with Gasteiger partial charge in [-0.3, -0.25) is 9.59 Å². The van der Waals surface area contributed by atoms with E-state index in [-0.39, 0.29) is 17.9 Å². The topological polar surface area (TPSA) is 58.2 Å². The van der Waals surface area contributed by atoms with Gasteiger partial charge in [0.1, 0.15) is 0 Å². The molecule has 0 aromatic heterocycles. The van der Waals surface area contributed by atoms with Crippen LogP contribution in [-0.4, -0.2) is 11.8 Å². The predicted octanol–water partition coefficient (Wildman–Crippen LogP) is 4.48. The molecule has 4 heteroatoms. The second-order valence-corrected chi connectivity index (χ2v) is 6.79. The molecule has 0 aliphatic rings. The lowest BCUT2D eigenvalue weighted by atomic mass is 10.0. The van der Waals surface area contributed by atoms with E-state index < -0.39 is 0 Å². The van der Waals surface area contributed by atoms with Gasteiger partial charge in [0.25, 0.3) is 5.91 Å².